The maximum atomic E-state index is 10.8. The lowest BCUT2D eigenvalue weighted by Gasteiger charge is -2.18. The number of aromatic nitrogens is 2. The van der Waals surface area contributed by atoms with E-state index in [-0.39, 0.29) is 0 Å². The van der Waals surface area contributed by atoms with Crippen LogP contribution in [0.1, 0.15) is 10.4 Å². The van der Waals surface area contributed by atoms with Gasteiger partial charge in [0.2, 0.25) is 0 Å². The van der Waals surface area contributed by atoms with Crippen LogP contribution >= 0.6 is 11.8 Å². The summed E-state index contributed by atoms with van der Waals surface area (Å²) in [4.78, 5) is 20.9. The largest absolute Gasteiger partial charge is 0.358 e. The van der Waals surface area contributed by atoms with Crippen LogP contribution in [0.15, 0.2) is 11.4 Å². The fourth-order valence-electron chi connectivity index (χ4n) is 1.15. The smallest absolute Gasteiger partial charge is 0.189 e. The highest BCUT2D eigenvalue weighted by atomic mass is 32.2. The number of hydrogen-bond acceptors (Lipinski definition) is 6. The molecule has 15 heavy (non-hydrogen) atoms. The first kappa shape index (κ1) is 11.9. The minimum absolute atomic E-state index is 0.490. The van der Waals surface area contributed by atoms with Gasteiger partial charge in [0.15, 0.2) is 11.4 Å². The summed E-state index contributed by atoms with van der Waals surface area (Å²) in [5.74, 6) is 0.634. The molecule has 0 spiro atoms. The minimum Gasteiger partial charge on any atom is -0.358 e. The van der Waals surface area contributed by atoms with Gasteiger partial charge < -0.3 is 10.6 Å². The van der Waals surface area contributed by atoms with E-state index in [2.05, 4.69) is 9.97 Å². The highest BCUT2D eigenvalue weighted by molar-refractivity contribution is 7.98. The van der Waals surface area contributed by atoms with Gasteiger partial charge in [0.25, 0.3) is 0 Å². The molecule has 1 rings (SSSR count). The number of likely N-dealkylation sites (N-methyl/N-ethyl adjacent to an activating group) is 1. The molecule has 0 bridgehead atoms. The maximum Gasteiger partial charge on any atom is 0.189 e. The number of thioether (sulfide) groups is 1. The zero-order valence-corrected chi connectivity index (χ0v) is 9.62. The monoisotopic (exact) mass is 226 g/mol. The molecule has 0 saturated carbocycles. The average molecular weight is 226 g/mol. The maximum absolute atomic E-state index is 10.8. The second kappa shape index (κ2) is 5.67. The minimum atomic E-state index is 0.490. The lowest BCUT2D eigenvalue weighted by molar-refractivity contribution is 0.112. The molecule has 0 atom stereocenters. The lowest BCUT2D eigenvalue weighted by atomic mass is 10.3. The number of anilines is 1. The van der Waals surface area contributed by atoms with E-state index in [4.69, 9.17) is 5.73 Å². The molecule has 1 heterocycles. The fraction of sp³-hybridized carbons (Fsp3) is 0.444. The average Bonchev–Trinajstić information content (AvgIpc) is 2.28. The van der Waals surface area contributed by atoms with Crippen molar-refractivity contribution in [2.45, 2.75) is 5.16 Å². The molecule has 0 radical (unpaired) electrons. The van der Waals surface area contributed by atoms with Crippen molar-refractivity contribution < 1.29 is 4.79 Å². The first-order valence-corrected chi connectivity index (χ1v) is 5.72. The number of rotatable bonds is 5. The Kier molecular flexibility index (Phi) is 4.51. The predicted octanol–water partition coefficient (Wildman–Crippen LogP) is 0.406. The van der Waals surface area contributed by atoms with E-state index < -0.39 is 0 Å². The van der Waals surface area contributed by atoms with Crippen LogP contribution in [-0.2, 0) is 0 Å². The predicted molar refractivity (Wildman–Crippen MR) is 61.5 cm³/mol. The van der Waals surface area contributed by atoms with Crippen LogP contribution in [0.25, 0.3) is 0 Å². The van der Waals surface area contributed by atoms with Gasteiger partial charge >= 0.3 is 0 Å². The summed E-state index contributed by atoms with van der Waals surface area (Å²) < 4.78 is 0. The molecule has 0 amide bonds. The SMILES string of the molecule is CSc1ncc(C=O)c(N(C)CCN)n1. The van der Waals surface area contributed by atoms with Gasteiger partial charge in [0, 0.05) is 26.3 Å². The number of nitrogens with zero attached hydrogens (tertiary/aromatic N) is 3. The fourth-order valence-corrected chi connectivity index (χ4v) is 1.49. The van der Waals surface area contributed by atoms with E-state index in [1.54, 1.807) is 0 Å². The van der Waals surface area contributed by atoms with Gasteiger partial charge in [0.05, 0.1) is 5.56 Å². The molecule has 0 fully saturated rings. The first-order chi connectivity index (χ1) is 7.22. The van der Waals surface area contributed by atoms with Gasteiger partial charge in [-0.05, 0) is 6.26 Å². The van der Waals surface area contributed by atoms with Gasteiger partial charge in [-0.15, -0.1) is 0 Å². The standard InChI is InChI=1S/C9H14N4OS/c1-13(4-3-10)8-7(6-14)5-11-9(12-8)15-2/h5-6H,3-4,10H2,1-2H3. The summed E-state index contributed by atoms with van der Waals surface area (Å²) in [6.07, 6.45) is 4.18. The number of nitrogens with two attached hydrogens (primary N) is 1. The van der Waals surface area contributed by atoms with Gasteiger partial charge in [-0.3, -0.25) is 4.79 Å². The van der Waals surface area contributed by atoms with Crippen LogP contribution in [0.4, 0.5) is 5.82 Å². The van der Waals surface area contributed by atoms with Crippen LogP contribution in [0.3, 0.4) is 0 Å². The Bertz CT molecular complexity index is 345. The Morgan fingerprint density at radius 3 is 2.93 bits per heavy atom. The summed E-state index contributed by atoms with van der Waals surface area (Å²) in [6.45, 7) is 1.18. The molecule has 0 aliphatic carbocycles. The van der Waals surface area contributed by atoms with Crippen LogP contribution in [-0.4, -0.2) is 42.6 Å². The number of carbonyl (C=O) groups excluding carboxylic acids is 1. The third-order valence-electron chi connectivity index (χ3n) is 1.91. The Morgan fingerprint density at radius 1 is 1.67 bits per heavy atom. The molecule has 1 aromatic rings. The quantitative estimate of drug-likeness (QED) is 0.445. The van der Waals surface area contributed by atoms with Crippen LogP contribution < -0.4 is 10.6 Å². The van der Waals surface area contributed by atoms with Crippen molar-refractivity contribution in [2.24, 2.45) is 5.73 Å². The Balaban J connectivity index is 3.05. The molecular weight excluding hydrogens is 212 g/mol. The summed E-state index contributed by atoms with van der Waals surface area (Å²) in [5, 5.41) is 0.652. The second-order valence-corrected chi connectivity index (χ2v) is 3.74. The highest BCUT2D eigenvalue weighted by Crippen LogP contribution is 2.17. The van der Waals surface area contributed by atoms with E-state index >= 15 is 0 Å². The third-order valence-corrected chi connectivity index (χ3v) is 2.47. The number of aldehydes is 1. The third kappa shape index (κ3) is 2.90. The molecule has 0 aliphatic rings. The van der Waals surface area contributed by atoms with Crippen molar-refractivity contribution in [3.05, 3.63) is 11.8 Å². The molecule has 0 aliphatic heterocycles. The topological polar surface area (TPSA) is 72.1 Å². The number of hydrogen-bond donors (Lipinski definition) is 1. The Labute approximate surface area is 93.1 Å². The van der Waals surface area contributed by atoms with Gasteiger partial charge in [-0.2, -0.15) is 0 Å². The summed E-state index contributed by atoms with van der Waals surface area (Å²) >= 11 is 1.44. The molecule has 82 valence electrons. The highest BCUT2D eigenvalue weighted by Gasteiger charge is 2.10. The van der Waals surface area contributed by atoms with E-state index in [0.29, 0.717) is 29.6 Å². The van der Waals surface area contributed by atoms with Crippen molar-refractivity contribution in [1.82, 2.24) is 9.97 Å². The van der Waals surface area contributed by atoms with Gasteiger partial charge in [-0.1, -0.05) is 11.8 Å². The second-order valence-electron chi connectivity index (χ2n) is 2.96. The first-order valence-electron chi connectivity index (χ1n) is 4.50. The van der Waals surface area contributed by atoms with E-state index in [9.17, 15) is 4.79 Å². The summed E-state index contributed by atoms with van der Waals surface area (Å²) in [5.41, 5.74) is 5.94. The zero-order chi connectivity index (χ0) is 11.3. The van der Waals surface area contributed by atoms with Gasteiger partial charge in [0.1, 0.15) is 5.82 Å². The van der Waals surface area contributed by atoms with Crippen molar-refractivity contribution >= 4 is 23.9 Å². The Morgan fingerprint density at radius 2 is 2.40 bits per heavy atom. The van der Waals surface area contributed by atoms with E-state index in [0.717, 1.165) is 6.29 Å². The molecule has 0 saturated heterocycles. The zero-order valence-electron chi connectivity index (χ0n) is 8.80. The molecule has 0 unspecified atom stereocenters. The molecule has 5 nitrogen and oxygen atoms in total. The molecule has 2 N–H and O–H groups in total. The summed E-state index contributed by atoms with van der Waals surface area (Å²) in [6, 6.07) is 0. The van der Waals surface area contributed by atoms with E-state index in [1.807, 2.05) is 18.2 Å². The van der Waals surface area contributed by atoms with Gasteiger partial charge in [-0.25, -0.2) is 9.97 Å². The molecule has 0 aromatic carbocycles. The summed E-state index contributed by atoms with van der Waals surface area (Å²) in [7, 11) is 1.85. The number of carbonyl (C=O) groups is 1. The van der Waals surface area contributed by atoms with Crippen molar-refractivity contribution in [3.8, 4) is 0 Å². The van der Waals surface area contributed by atoms with Crippen molar-refractivity contribution in [1.29, 1.82) is 0 Å². The normalized spacial score (nSPS) is 10.1. The van der Waals surface area contributed by atoms with Crippen LogP contribution in [0.5, 0.6) is 0 Å². The van der Waals surface area contributed by atoms with Crippen LogP contribution in [0, 0.1) is 0 Å². The van der Waals surface area contributed by atoms with Crippen molar-refractivity contribution in [3.63, 3.8) is 0 Å². The van der Waals surface area contributed by atoms with Crippen LogP contribution in [0.2, 0.25) is 0 Å². The van der Waals surface area contributed by atoms with E-state index in [1.165, 1.54) is 18.0 Å². The Hall–Kier alpha value is -1.14. The molecular formula is C9H14N4OS. The molecule has 6 heteroatoms. The molecule has 1 aromatic heterocycles. The van der Waals surface area contributed by atoms with Crippen molar-refractivity contribution in [2.75, 3.05) is 31.3 Å². The lowest BCUT2D eigenvalue weighted by Crippen LogP contribution is -2.27.